The fourth-order valence-corrected chi connectivity index (χ4v) is 5.99. The lowest BCUT2D eigenvalue weighted by Gasteiger charge is -2.48. The monoisotopic (exact) mass is 716 g/mol. The molecule has 3 fully saturated rings. The van der Waals surface area contributed by atoms with Crippen LogP contribution in [-0.2, 0) is 44.6 Å². The standard InChI is InChI=1S/C34H37ClN2O13/c1-17(38)37-22-12-18(9-10-21(22)35)14-45-33-27(41)25(39)30(23(47-33)15-44-31(43)20-8-5-11-36-13-20)50-34-28(42)26(40)29-24(48-34)16-46-32(49-29)19-6-3-2-4-7-19/h2-13,23-30,32-34,39-42H,14-16H2,1H3,(H,37,38)/t23-,24-,25-,26-,27-,28-,29-,30-,32?,33-,34-/m1/s1. The third-order valence-electron chi connectivity index (χ3n) is 8.37. The van der Waals surface area contributed by atoms with E-state index in [1.807, 2.05) is 18.2 Å². The zero-order chi connectivity index (χ0) is 35.4. The first-order valence-electron chi connectivity index (χ1n) is 15.8. The third-order valence-corrected chi connectivity index (χ3v) is 8.70. The number of benzene rings is 2. The van der Waals surface area contributed by atoms with Gasteiger partial charge in [-0.15, -0.1) is 0 Å². The first-order chi connectivity index (χ1) is 24.1. The molecule has 3 saturated heterocycles. The van der Waals surface area contributed by atoms with Crippen molar-refractivity contribution in [2.24, 2.45) is 0 Å². The zero-order valence-electron chi connectivity index (χ0n) is 26.7. The number of ether oxygens (including phenoxy) is 7. The summed E-state index contributed by atoms with van der Waals surface area (Å²) in [5.74, 6) is -1.08. The molecule has 6 rings (SSSR count). The number of esters is 1. The number of aliphatic hydroxyl groups excluding tert-OH is 4. The summed E-state index contributed by atoms with van der Waals surface area (Å²) in [7, 11) is 0. The molecule has 0 radical (unpaired) electrons. The van der Waals surface area contributed by atoms with E-state index in [1.165, 1.54) is 25.4 Å². The summed E-state index contributed by atoms with van der Waals surface area (Å²) < 4.78 is 41.0. The van der Waals surface area contributed by atoms with Gasteiger partial charge in [0.25, 0.3) is 0 Å². The number of carbonyl (C=O) groups excluding carboxylic acids is 2. The molecule has 0 aliphatic carbocycles. The predicted molar refractivity (Wildman–Crippen MR) is 171 cm³/mol. The van der Waals surface area contributed by atoms with Crippen LogP contribution in [-0.4, -0.2) is 112 Å². The van der Waals surface area contributed by atoms with Crippen LogP contribution >= 0.6 is 11.6 Å². The molecule has 4 heterocycles. The van der Waals surface area contributed by atoms with Crippen molar-refractivity contribution >= 4 is 29.2 Å². The number of carbonyl (C=O) groups is 2. The van der Waals surface area contributed by atoms with Crippen LogP contribution in [0, 0.1) is 0 Å². The number of hydrogen-bond acceptors (Lipinski definition) is 14. The van der Waals surface area contributed by atoms with Crippen molar-refractivity contribution in [1.29, 1.82) is 0 Å². The van der Waals surface area contributed by atoms with E-state index in [-0.39, 0.29) is 24.7 Å². The van der Waals surface area contributed by atoms with Gasteiger partial charge in [0.2, 0.25) is 5.91 Å². The molecule has 268 valence electrons. The molecule has 11 atom stereocenters. The molecule has 2 aromatic carbocycles. The molecule has 1 aromatic heterocycles. The molecular weight excluding hydrogens is 680 g/mol. The average Bonchev–Trinajstić information content (AvgIpc) is 3.13. The Balaban J connectivity index is 1.16. The second-order valence-corrected chi connectivity index (χ2v) is 12.4. The highest BCUT2D eigenvalue weighted by Gasteiger charge is 2.53. The molecule has 3 aliphatic heterocycles. The molecule has 3 aliphatic rings. The molecule has 1 unspecified atom stereocenters. The number of halogens is 1. The number of pyridine rings is 1. The molecule has 0 saturated carbocycles. The molecule has 0 spiro atoms. The maximum atomic E-state index is 12.8. The van der Waals surface area contributed by atoms with Crippen LogP contribution in [0.3, 0.4) is 0 Å². The Morgan fingerprint density at radius 1 is 0.940 bits per heavy atom. The minimum absolute atomic E-state index is 0.0172. The number of aliphatic hydroxyl groups is 4. The summed E-state index contributed by atoms with van der Waals surface area (Å²) in [6, 6.07) is 16.9. The van der Waals surface area contributed by atoms with Crippen LogP contribution in [0.5, 0.6) is 0 Å². The van der Waals surface area contributed by atoms with Gasteiger partial charge >= 0.3 is 5.97 Å². The van der Waals surface area contributed by atoms with Gasteiger partial charge in [-0.05, 0) is 29.8 Å². The van der Waals surface area contributed by atoms with Crippen LogP contribution in [0.15, 0.2) is 73.1 Å². The van der Waals surface area contributed by atoms with E-state index in [9.17, 15) is 30.0 Å². The summed E-state index contributed by atoms with van der Waals surface area (Å²) in [6.45, 7) is 0.686. The van der Waals surface area contributed by atoms with Gasteiger partial charge in [0.1, 0.15) is 55.4 Å². The summed E-state index contributed by atoms with van der Waals surface area (Å²) in [5, 5.41) is 47.4. The average molecular weight is 717 g/mol. The van der Waals surface area contributed by atoms with E-state index in [0.29, 0.717) is 21.8 Å². The van der Waals surface area contributed by atoms with Gasteiger partial charge in [0.05, 0.1) is 29.5 Å². The molecule has 15 nitrogen and oxygen atoms in total. The van der Waals surface area contributed by atoms with E-state index >= 15 is 0 Å². The molecule has 50 heavy (non-hydrogen) atoms. The number of aromatic nitrogens is 1. The van der Waals surface area contributed by atoms with Crippen molar-refractivity contribution in [3.05, 3.63) is 94.8 Å². The number of nitrogens with one attached hydrogen (secondary N) is 1. The SMILES string of the molecule is CC(=O)Nc1cc(CO[C@@H]2O[C@H](COC(=O)c3cccnc3)[C@@H](O[C@H]3O[C@@H]4COC(c5ccccc5)O[C@H]4[C@H](O)[C@H]3O)[C@H](O)[C@H]2O)ccc1Cl. The lowest BCUT2D eigenvalue weighted by atomic mass is 9.96. The largest absolute Gasteiger partial charge is 0.459 e. The molecule has 3 aromatic rings. The highest BCUT2D eigenvalue weighted by molar-refractivity contribution is 6.33. The number of rotatable bonds is 10. The maximum absolute atomic E-state index is 12.8. The number of fused-ring (bicyclic) bond motifs is 1. The van der Waals surface area contributed by atoms with Gasteiger partial charge in [0.15, 0.2) is 18.9 Å². The van der Waals surface area contributed by atoms with Crippen LogP contribution in [0.1, 0.15) is 34.7 Å². The number of amides is 1. The minimum atomic E-state index is -1.72. The first-order valence-corrected chi connectivity index (χ1v) is 16.2. The Bertz CT molecular complexity index is 1600. The van der Waals surface area contributed by atoms with Crippen molar-refractivity contribution in [3.8, 4) is 0 Å². The van der Waals surface area contributed by atoms with Crippen molar-refractivity contribution in [1.82, 2.24) is 4.98 Å². The quantitative estimate of drug-likeness (QED) is 0.189. The van der Waals surface area contributed by atoms with Gasteiger partial charge in [0, 0.05) is 24.9 Å². The van der Waals surface area contributed by atoms with Crippen LogP contribution in [0.2, 0.25) is 5.02 Å². The molecule has 16 heteroatoms. The Morgan fingerprint density at radius 2 is 1.72 bits per heavy atom. The molecular formula is C34H37ClN2O13. The van der Waals surface area contributed by atoms with Crippen molar-refractivity contribution in [2.75, 3.05) is 18.5 Å². The number of anilines is 1. The summed E-state index contributed by atoms with van der Waals surface area (Å²) in [5.41, 5.74) is 1.76. The van der Waals surface area contributed by atoms with E-state index in [1.54, 1.807) is 36.4 Å². The first kappa shape index (κ1) is 36.2. The van der Waals surface area contributed by atoms with Crippen LogP contribution in [0.25, 0.3) is 0 Å². The van der Waals surface area contributed by atoms with Gasteiger partial charge < -0.3 is 58.9 Å². The van der Waals surface area contributed by atoms with Gasteiger partial charge in [-0.3, -0.25) is 9.78 Å². The Hall–Kier alpha value is -3.58. The topological polar surface area (TPSA) is 205 Å². The highest BCUT2D eigenvalue weighted by atomic mass is 35.5. The minimum Gasteiger partial charge on any atom is -0.459 e. The summed E-state index contributed by atoms with van der Waals surface area (Å²) >= 11 is 6.17. The molecule has 0 bridgehead atoms. The molecule has 1 amide bonds. The maximum Gasteiger partial charge on any atom is 0.339 e. The van der Waals surface area contributed by atoms with Crippen molar-refractivity contribution in [3.63, 3.8) is 0 Å². The molecule has 5 N–H and O–H groups in total. The predicted octanol–water partition coefficient (Wildman–Crippen LogP) is 1.46. The van der Waals surface area contributed by atoms with E-state index < -0.39 is 80.3 Å². The smallest absolute Gasteiger partial charge is 0.339 e. The lowest BCUT2D eigenvalue weighted by molar-refractivity contribution is -0.386. The van der Waals surface area contributed by atoms with Gasteiger partial charge in [-0.1, -0.05) is 48.0 Å². The second kappa shape index (κ2) is 16.2. The second-order valence-electron chi connectivity index (χ2n) is 12.0. The van der Waals surface area contributed by atoms with Gasteiger partial charge in [-0.2, -0.15) is 0 Å². The van der Waals surface area contributed by atoms with Crippen molar-refractivity contribution < 1.29 is 63.2 Å². The Kier molecular flexibility index (Phi) is 11.7. The highest BCUT2D eigenvalue weighted by Crippen LogP contribution is 2.36. The van der Waals surface area contributed by atoms with Crippen LogP contribution in [0.4, 0.5) is 5.69 Å². The Morgan fingerprint density at radius 3 is 2.46 bits per heavy atom. The third kappa shape index (κ3) is 8.30. The normalized spacial score (nSPS) is 32.5. The van der Waals surface area contributed by atoms with Gasteiger partial charge in [-0.25, -0.2) is 4.79 Å². The zero-order valence-corrected chi connectivity index (χ0v) is 27.4. The Labute approximate surface area is 291 Å². The van der Waals surface area contributed by atoms with E-state index in [4.69, 9.17) is 44.8 Å². The lowest BCUT2D eigenvalue weighted by Crippen LogP contribution is -2.66. The number of hydrogen-bond donors (Lipinski definition) is 5. The number of nitrogens with zero attached hydrogens (tertiary/aromatic N) is 1. The summed E-state index contributed by atoms with van der Waals surface area (Å²) in [4.78, 5) is 28.2. The fraction of sp³-hybridized carbons (Fsp3) is 0.441. The fourth-order valence-electron chi connectivity index (χ4n) is 5.82. The van der Waals surface area contributed by atoms with E-state index in [2.05, 4.69) is 10.3 Å². The van der Waals surface area contributed by atoms with E-state index in [0.717, 1.165) is 0 Å². The summed E-state index contributed by atoms with van der Waals surface area (Å²) in [6.07, 6.45) is -12.1. The van der Waals surface area contributed by atoms with Crippen molar-refractivity contribution in [2.45, 2.75) is 81.2 Å². The van der Waals surface area contributed by atoms with Crippen LogP contribution < -0.4 is 5.32 Å².